The summed E-state index contributed by atoms with van der Waals surface area (Å²) in [6, 6.07) is 8.34. The Hall–Kier alpha value is -2.14. The number of ether oxygens (including phenoxy) is 1. The zero-order valence-electron chi connectivity index (χ0n) is 13.9. The van der Waals surface area contributed by atoms with Crippen LogP contribution in [0.5, 0.6) is 5.75 Å². The van der Waals surface area contributed by atoms with Crippen LogP contribution in [0.1, 0.15) is 22.9 Å². The lowest BCUT2D eigenvalue weighted by Gasteiger charge is -2.25. The van der Waals surface area contributed by atoms with E-state index in [2.05, 4.69) is 46.4 Å². The fourth-order valence-corrected chi connectivity index (χ4v) is 2.25. The van der Waals surface area contributed by atoms with Gasteiger partial charge in [0.05, 0.1) is 13.2 Å². The molecule has 5 nitrogen and oxygen atoms in total. The summed E-state index contributed by atoms with van der Waals surface area (Å²) < 4.78 is 5.31. The van der Waals surface area contributed by atoms with Gasteiger partial charge in [0.1, 0.15) is 5.75 Å². The second kappa shape index (κ2) is 7.22. The number of anilines is 1. The molecule has 0 aliphatic carbocycles. The van der Waals surface area contributed by atoms with E-state index in [-0.39, 0.29) is 6.04 Å². The quantitative estimate of drug-likeness (QED) is 0.889. The molecule has 0 amide bonds. The highest BCUT2D eigenvalue weighted by atomic mass is 16.5. The van der Waals surface area contributed by atoms with Gasteiger partial charge in [-0.2, -0.15) is 0 Å². The maximum absolute atomic E-state index is 5.31. The second-order valence-electron chi connectivity index (χ2n) is 5.60. The van der Waals surface area contributed by atoms with Crippen LogP contribution in [0.15, 0.2) is 30.5 Å². The molecule has 1 aromatic heterocycles. The third-order valence-corrected chi connectivity index (χ3v) is 3.78. The van der Waals surface area contributed by atoms with Gasteiger partial charge in [-0.3, -0.25) is 0 Å². The van der Waals surface area contributed by atoms with Gasteiger partial charge in [0.15, 0.2) is 0 Å². The molecule has 0 saturated carbocycles. The summed E-state index contributed by atoms with van der Waals surface area (Å²) in [5.41, 5.74) is 3.29. The topological polar surface area (TPSA) is 50.3 Å². The summed E-state index contributed by atoms with van der Waals surface area (Å²) in [5.74, 6) is 1.53. The van der Waals surface area contributed by atoms with Crippen molar-refractivity contribution in [3.63, 3.8) is 0 Å². The lowest BCUT2D eigenvalue weighted by molar-refractivity contribution is 0.310. The Balaban J connectivity index is 2.13. The molecule has 0 spiro atoms. The van der Waals surface area contributed by atoms with Crippen LogP contribution in [0, 0.1) is 13.8 Å². The number of nitrogens with one attached hydrogen (secondary N) is 1. The summed E-state index contributed by atoms with van der Waals surface area (Å²) >= 11 is 0. The fraction of sp³-hybridized carbons (Fsp3) is 0.412. The summed E-state index contributed by atoms with van der Waals surface area (Å²) in [7, 11) is 5.81. The molecule has 118 valence electrons. The van der Waals surface area contributed by atoms with Crippen LogP contribution in [0.3, 0.4) is 0 Å². The van der Waals surface area contributed by atoms with Crippen LogP contribution in [0.4, 0.5) is 5.95 Å². The van der Waals surface area contributed by atoms with E-state index in [4.69, 9.17) is 4.74 Å². The van der Waals surface area contributed by atoms with E-state index in [1.165, 1.54) is 5.56 Å². The Labute approximate surface area is 132 Å². The van der Waals surface area contributed by atoms with E-state index < -0.39 is 0 Å². The van der Waals surface area contributed by atoms with Crippen LogP contribution in [-0.2, 0) is 0 Å². The van der Waals surface area contributed by atoms with Gasteiger partial charge in [-0.1, -0.05) is 12.1 Å². The van der Waals surface area contributed by atoms with Crippen molar-refractivity contribution in [3.05, 3.63) is 47.3 Å². The van der Waals surface area contributed by atoms with E-state index >= 15 is 0 Å². The molecule has 1 heterocycles. The molecular weight excluding hydrogens is 276 g/mol. The van der Waals surface area contributed by atoms with Gasteiger partial charge < -0.3 is 15.0 Å². The minimum Gasteiger partial charge on any atom is -0.497 e. The van der Waals surface area contributed by atoms with E-state index in [9.17, 15) is 0 Å². The number of likely N-dealkylation sites (N-methyl/N-ethyl adjacent to an activating group) is 1. The number of aryl methyl sites for hydroxylation is 2. The number of hydrogen-bond acceptors (Lipinski definition) is 5. The number of rotatable bonds is 6. The maximum Gasteiger partial charge on any atom is 0.222 e. The summed E-state index contributed by atoms with van der Waals surface area (Å²) in [5, 5.41) is 3.33. The van der Waals surface area contributed by atoms with E-state index in [0.29, 0.717) is 5.95 Å². The van der Waals surface area contributed by atoms with Gasteiger partial charge in [-0.25, -0.2) is 9.97 Å². The fourth-order valence-electron chi connectivity index (χ4n) is 2.25. The van der Waals surface area contributed by atoms with E-state index in [1.807, 2.05) is 32.2 Å². The molecule has 2 rings (SSSR count). The van der Waals surface area contributed by atoms with Crippen LogP contribution in [0.25, 0.3) is 0 Å². The number of hydrogen-bond donors (Lipinski definition) is 1. The van der Waals surface area contributed by atoms with Gasteiger partial charge >= 0.3 is 0 Å². The van der Waals surface area contributed by atoms with Crippen molar-refractivity contribution >= 4 is 5.95 Å². The lowest BCUT2D eigenvalue weighted by atomic mass is 10.1. The largest absolute Gasteiger partial charge is 0.497 e. The lowest BCUT2D eigenvalue weighted by Crippen LogP contribution is -2.27. The highest BCUT2D eigenvalue weighted by molar-refractivity contribution is 5.33. The first-order chi connectivity index (χ1) is 10.5. The minimum absolute atomic E-state index is 0.209. The standard InChI is InChI=1S/C17H24N4O/c1-12-10-18-17(20-13(12)2)19-11-16(21(3)4)14-7-6-8-15(9-14)22-5/h6-10,16H,11H2,1-5H3,(H,18,19,20). The number of methoxy groups -OCH3 is 1. The first kappa shape index (κ1) is 16.2. The average molecular weight is 300 g/mol. The third-order valence-electron chi connectivity index (χ3n) is 3.78. The highest BCUT2D eigenvalue weighted by Crippen LogP contribution is 2.22. The molecule has 2 aromatic rings. The van der Waals surface area contributed by atoms with Gasteiger partial charge in [0.25, 0.3) is 0 Å². The van der Waals surface area contributed by atoms with Crippen molar-refractivity contribution in [2.24, 2.45) is 0 Å². The minimum atomic E-state index is 0.209. The highest BCUT2D eigenvalue weighted by Gasteiger charge is 2.15. The Kier molecular flexibility index (Phi) is 5.33. The number of aromatic nitrogens is 2. The SMILES string of the molecule is COc1cccc(C(CNc2ncc(C)c(C)n2)N(C)C)c1. The van der Waals surface area contributed by atoms with Crippen LogP contribution in [-0.4, -0.2) is 42.6 Å². The van der Waals surface area contributed by atoms with Crippen molar-refractivity contribution in [3.8, 4) is 5.75 Å². The van der Waals surface area contributed by atoms with Gasteiger partial charge in [0.2, 0.25) is 5.95 Å². The zero-order valence-corrected chi connectivity index (χ0v) is 13.9. The smallest absolute Gasteiger partial charge is 0.222 e. The molecule has 0 radical (unpaired) electrons. The van der Waals surface area contributed by atoms with E-state index in [1.54, 1.807) is 7.11 Å². The van der Waals surface area contributed by atoms with Crippen LogP contribution in [0.2, 0.25) is 0 Å². The van der Waals surface area contributed by atoms with Gasteiger partial charge in [0, 0.05) is 18.4 Å². The van der Waals surface area contributed by atoms with Crippen molar-refractivity contribution in [1.82, 2.24) is 14.9 Å². The first-order valence-corrected chi connectivity index (χ1v) is 7.35. The van der Waals surface area contributed by atoms with Gasteiger partial charge in [-0.05, 0) is 51.2 Å². The number of benzene rings is 1. The molecule has 0 saturated heterocycles. The molecule has 0 aliphatic rings. The normalized spacial score (nSPS) is 12.3. The predicted molar refractivity (Wildman–Crippen MR) is 89.4 cm³/mol. The monoisotopic (exact) mass is 300 g/mol. The van der Waals surface area contributed by atoms with Crippen molar-refractivity contribution in [2.75, 3.05) is 33.1 Å². The molecule has 1 aromatic carbocycles. The van der Waals surface area contributed by atoms with Crippen molar-refractivity contribution in [1.29, 1.82) is 0 Å². The molecule has 0 fully saturated rings. The predicted octanol–water partition coefficient (Wildman–Crippen LogP) is 2.82. The Morgan fingerprint density at radius 2 is 2.05 bits per heavy atom. The van der Waals surface area contributed by atoms with Gasteiger partial charge in [-0.15, -0.1) is 0 Å². The molecule has 1 atom stereocenters. The van der Waals surface area contributed by atoms with E-state index in [0.717, 1.165) is 23.6 Å². The molecule has 0 aliphatic heterocycles. The summed E-state index contributed by atoms with van der Waals surface area (Å²) in [6.45, 7) is 4.73. The first-order valence-electron chi connectivity index (χ1n) is 7.35. The molecule has 1 N–H and O–H groups in total. The Morgan fingerprint density at radius 1 is 1.27 bits per heavy atom. The van der Waals surface area contributed by atoms with Crippen molar-refractivity contribution in [2.45, 2.75) is 19.9 Å². The Morgan fingerprint density at radius 3 is 2.68 bits per heavy atom. The number of nitrogens with zero attached hydrogens (tertiary/aromatic N) is 3. The molecular formula is C17H24N4O. The average Bonchev–Trinajstić information content (AvgIpc) is 2.51. The molecule has 22 heavy (non-hydrogen) atoms. The summed E-state index contributed by atoms with van der Waals surface area (Å²) in [6.07, 6.45) is 1.85. The molecule has 0 bridgehead atoms. The molecule has 5 heteroatoms. The van der Waals surface area contributed by atoms with Crippen LogP contribution >= 0.6 is 0 Å². The Bertz CT molecular complexity index is 628. The third kappa shape index (κ3) is 3.95. The van der Waals surface area contributed by atoms with Crippen LogP contribution < -0.4 is 10.1 Å². The van der Waals surface area contributed by atoms with Crippen molar-refractivity contribution < 1.29 is 4.74 Å². The zero-order chi connectivity index (χ0) is 16.1. The summed E-state index contributed by atoms with van der Waals surface area (Å²) in [4.78, 5) is 11.0. The molecule has 1 unspecified atom stereocenters. The maximum atomic E-state index is 5.31. The second-order valence-corrected chi connectivity index (χ2v) is 5.60.